The summed E-state index contributed by atoms with van der Waals surface area (Å²) in [4.78, 5) is 23.1. The van der Waals surface area contributed by atoms with Crippen molar-refractivity contribution < 1.29 is 19.4 Å². The monoisotopic (exact) mass is 272 g/mol. The maximum atomic E-state index is 12.0. The van der Waals surface area contributed by atoms with E-state index in [9.17, 15) is 14.7 Å². The lowest BCUT2D eigenvalue weighted by atomic mass is 10.00. The van der Waals surface area contributed by atoms with Crippen molar-refractivity contribution in [2.75, 3.05) is 6.61 Å². The first-order chi connectivity index (χ1) is 9.69. The number of aldehydes is 1. The van der Waals surface area contributed by atoms with Gasteiger partial charge in [0.1, 0.15) is 11.3 Å². The molecule has 0 aliphatic carbocycles. The third-order valence-corrected chi connectivity index (χ3v) is 3.13. The molecule has 0 atom stereocenters. The SMILES string of the molecule is CCCCOC(=O)c1cc2ccccc2c(C=O)c1O. The van der Waals surface area contributed by atoms with Gasteiger partial charge in [-0.2, -0.15) is 0 Å². The maximum Gasteiger partial charge on any atom is 0.341 e. The third-order valence-electron chi connectivity index (χ3n) is 3.13. The van der Waals surface area contributed by atoms with E-state index in [1.165, 1.54) is 0 Å². The zero-order chi connectivity index (χ0) is 14.5. The van der Waals surface area contributed by atoms with Crippen LogP contribution in [0.1, 0.15) is 40.5 Å². The number of fused-ring (bicyclic) bond motifs is 1. The molecule has 4 nitrogen and oxygen atoms in total. The minimum absolute atomic E-state index is 0.0295. The predicted octanol–water partition coefficient (Wildman–Crippen LogP) is 3.31. The van der Waals surface area contributed by atoms with Crippen LogP contribution >= 0.6 is 0 Å². The molecule has 4 heteroatoms. The Balaban J connectivity index is 2.46. The zero-order valence-electron chi connectivity index (χ0n) is 11.3. The van der Waals surface area contributed by atoms with Gasteiger partial charge in [-0.05, 0) is 23.3 Å². The number of carbonyl (C=O) groups excluding carboxylic acids is 2. The molecule has 0 aromatic heterocycles. The largest absolute Gasteiger partial charge is 0.506 e. The lowest BCUT2D eigenvalue weighted by Crippen LogP contribution is -2.07. The molecule has 0 saturated carbocycles. The van der Waals surface area contributed by atoms with Crippen LogP contribution < -0.4 is 0 Å². The van der Waals surface area contributed by atoms with Gasteiger partial charge in [0, 0.05) is 0 Å². The lowest BCUT2D eigenvalue weighted by Gasteiger charge is -2.10. The molecular weight excluding hydrogens is 256 g/mol. The molecule has 20 heavy (non-hydrogen) atoms. The van der Waals surface area contributed by atoms with E-state index in [0.717, 1.165) is 18.2 Å². The van der Waals surface area contributed by atoms with Crippen molar-refractivity contribution in [3.63, 3.8) is 0 Å². The molecular formula is C16H16O4. The predicted molar refractivity (Wildman–Crippen MR) is 76.2 cm³/mol. The van der Waals surface area contributed by atoms with E-state index >= 15 is 0 Å². The van der Waals surface area contributed by atoms with Crippen molar-refractivity contribution in [2.45, 2.75) is 19.8 Å². The molecule has 2 aromatic rings. The number of phenolic OH excluding ortho intramolecular Hbond substituents is 1. The average molecular weight is 272 g/mol. The Bertz CT molecular complexity index is 646. The highest BCUT2D eigenvalue weighted by molar-refractivity contribution is 6.07. The Morgan fingerprint density at radius 1 is 1.35 bits per heavy atom. The van der Waals surface area contributed by atoms with Crippen LogP contribution in [0.4, 0.5) is 0 Å². The van der Waals surface area contributed by atoms with Crippen LogP contribution in [0.3, 0.4) is 0 Å². The summed E-state index contributed by atoms with van der Waals surface area (Å²) in [5, 5.41) is 11.4. The fraction of sp³-hybridized carbons (Fsp3) is 0.250. The third kappa shape index (κ3) is 2.64. The van der Waals surface area contributed by atoms with Crippen molar-refractivity contribution in [2.24, 2.45) is 0 Å². The van der Waals surface area contributed by atoms with Gasteiger partial charge in [-0.25, -0.2) is 4.79 Å². The van der Waals surface area contributed by atoms with Gasteiger partial charge in [-0.15, -0.1) is 0 Å². The number of unbranched alkanes of at least 4 members (excludes halogenated alkanes) is 1. The Hall–Kier alpha value is -2.36. The Morgan fingerprint density at radius 2 is 2.10 bits per heavy atom. The fourth-order valence-electron chi connectivity index (χ4n) is 2.03. The van der Waals surface area contributed by atoms with Crippen molar-refractivity contribution in [1.82, 2.24) is 0 Å². The standard InChI is InChI=1S/C16H16O4/c1-2-3-8-20-16(19)13-9-11-6-4-5-7-12(11)14(10-17)15(13)18/h4-7,9-10,18H,2-3,8H2,1H3. The van der Waals surface area contributed by atoms with Crippen LogP contribution in [-0.4, -0.2) is 24.0 Å². The van der Waals surface area contributed by atoms with Gasteiger partial charge in [0.2, 0.25) is 0 Å². The molecule has 0 saturated heterocycles. The normalized spacial score (nSPS) is 10.4. The number of carbonyl (C=O) groups is 2. The number of benzene rings is 2. The molecule has 0 heterocycles. The molecule has 2 rings (SSSR count). The fourth-order valence-corrected chi connectivity index (χ4v) is 2.03. The molecule has 0 amide bonds. The first-order valence-electron chi connectivity index (χ1n) is 6.56. The molecule has 0 aliphatic rings. The maximum absolute atomic E-state index is 12.0. The quantitative estimate of drug-likeness (QED) is 0.515. The molecule has 1 N–H and O–H groups in total. The van der Waals surface area contributed by atoms with Crippen LogP contribution in [0.15, 0.2) is 30.3 Å². The van der Waals surface area contributed by atoms with Crippen molar-refractivity contribution in [3.8, 4) is 5.75 Å². The van der Waals surface area contributed by atoms with E-state index in [-0.39, 0.29) is 16.9 Å². The Labute approximate surface area is 117 Å². The number of phenols is 1. The number of rotatable bonds is 5. The van der Waals surface area contributed by atoms with Crippen LogP contribution in [0, 0.1) is 0 Å². The second-order valence-corrected chi connectivity index (χ2v) is 4.51. The van der Waals surface area contributed by atoms with Crippen LogP contribution in [0.5, 0.6) is 5.75 Å². The van der Waals surface area contributed by atoms with Crippen LogP contribution in [0.2, 0.25) is 0 Å². The first-order valence-corrected chi connectivity index (χ1v) is 6.56. The van der Waals surface area contributed by atoms with Crippen LogP contribution in [-0.2, 0) is 4.74 Å². The Kier molecular flexibility index (Phi) is 4.35. The average Bonchev–Trinajstić information content (AvgIpc) is 2.47. The van der Waals surface area contributed by atoms with Crippen molar-refractivity contribution in [1.29, 1.82) is 0 Å². The molecule has 104 valence electrons. The van der Waals surface area contributed by atoms with Crippen LogP contribution in [0.25, 0.3) is 10.8 Å². The molecule has 0 unspecified atom stereocenters. The van der Waals surface area contributed by atoms with E-state index in [1.807, 2.05) is 6.92 Å². The van der Waals surface area contributed by atoms with Gasteiger partial charge in [0.25, 0.3) is 0 Å². The number of ether oxygens (including phenoxy) is 1. The second kappa shape index (κ2) is 6.19. The molecule has 0 aliphatic heterocycles. The van der Waals surface area contributed by atoms with E-state index in [0.29, 0.717) is 18.3 Å². The lowest BCUT2D eigenvalue weighted by molar-refractivity contribution is 0.0496. The number of esters is 1. The summed E-state index contributed by atoms with van der Waals surface area (Å²) in [5.74, 6) is -0.926. The molecule has 0 spiro atoms. The summed E-state index contributed by atoms with van der Waals surface area (Å²) in [6.07, 6.45) is 2.23. The van der Waals surface area contributed by atoms with Gasteiger partial charge in [-0.3, -0.25) is 4.79 Å². The minimum atomic E-state index is -0.607. The highest BCUT2D eigenvalue weighted by atomic mass is 16.5. The Morgan fingerprint density at radius 3 is 2.80 bits per heavy atom. The number of hydrogen-bond donors (Lipinski definition) is 1. The summed E-state index contributed by atoms with van der Waals surface area (Å²) in [7, 11) is 0. The first kappa shape index (κ1) is 14.1. The van der Waals surface area contributed by atoms with Gasteiger partial charge >= 0.3 is 5.97 Å². The summed E-state index contributed by atoms with van der Waals surface area (Å²) >= 11 is 0. The van der Waals surface area contributed by atoms with E-state index in [1.54, 1.807) is 30.3 Å². The smallest absolute Gasteiger partial charge is 0.341 e. The molecule has 0 bridgehead atoms. The molecule has 2 aromatic carbocycles. The summed E-state index contributed by atoms with van der Waals surface area (Å²) in [6.45, 7) is 2.30. The molecule has 0 fully saturated rings. The second-order valence-electron chi connectivity index (χ2n) is 4.51. The summed E-state index contributed by atoms with van der Waals surface area (Å²) in [5.41, 5.74) is 0.146. The van der Waals surface area contributed by atoms with Gasteiger partial charge in [-0.1, -0.05) is 37.6 Å². The highest BCUT2D eigenvalue weighted by Crippen LogP contribution is 2.30. The molecule has 0 radical (unpaired) electrons. The van der Waals surface area contributed by atoms with E-state index < -0.39 is 5.97 Å². The number of aromatic hydroxyl groups is 1. The zero-order valence-corrected chi connectivity index (χ0v) is 11.3. The van der Waals surface area contributed by atoms with Crippen molar-refractivity contribution >= 4 is 23.0 Å². The number of hydrogen-bond acceptors (Lipinski definition) is 4. The van der Waals surface area contributed by atoms with E-state index in [4.69, 9.17) is 4.74 Å². The van der Waals surface area contributed by atoms with Gasteiger partial charge in [0.05, 0.1) is 12.2 Å². The minimum Gasteiger partial charge on any atom is -0.506 e. The van der Waals surface area contributed by atoms with Gasteiger partial charge < -0.3 is 9.84 Å². The van der Waals surface area contributed by atoms with Gasteiger partial charge in [0.15, 0.2) is 6.29 Å². The van der Waals surface area contributed by atoms with Crippen molar-refractivity contribution in [3.05, 3.63) is 41.5 Å². The topological polar surface area (TPSA) is 63.6 Å². The summed E-state index contributed by atoms with van der Waals surface area (Å²) < 4.78 is 5.08. The summed E-state index contributed by atoms with van der Waals surface area (Å²) in [6, 6.07) is 8.63. The van der Waals surface area contributed by atoms with E-state index in [2.05, 4.69) is 0 Å². The highest BCUT2D eigenvalue weighted by Gasteiger charge is 2.18.